The molecule has 1 atom stereocenters. The first-order chi connectivity index (χ1) is 15.6. The molecule has 7 nitrogen and oxygen atoms in total. The van der Waals surface area contributed by atoms with E-state index in [1.165, 1.54) is 21.4 Å². The molecule has 0 saturated carbocycles. The third-order valence-electron chi connectivity index (χ3n) is 6.63. The van der Waals surface area contributed by atoms with Crippen molar-refractivity contribution < 1.29 is 4.79 Å². The predicted molar refractivity (Wildman–Crippen MR) is 126 cm³/mol. The van der Waals surface area contributed by atoms with Gasteiger partial charge in [0.15, 0.2) is 0 Å². The van der Waals surface area contributed by atoms with E-state index >= 15 is 0 Å². The van der Waals surface area contributed by atoms with E-state index in [9.17, 15) is 9.59 Å². The Morgan fingerprint density at radius 3 is 2.75 bits per heavy atom. The standard InChI is InChI=1S/C24H29N5O2S/c1-2-16-9-11-17(12-10-16)14-25-21(30)18-6-5-13-28(15-18)24-27-29-22(31)19-7-3-4-8-20(19)26-23(29)32-24/h9-12,18H,2-8,13-15H2,1H3,(H,25,30)/t18-/m0/s1. The van der Waals surface area contributed by atoms with Crippen LogP contribution in [0.15, 0.2) is 29.1 Å². The smallest absolute Gasteiger partial charge is 0.278 e. The monoisotopic (exact) mass is 451 g/mol. The molecule has 1 N–H and O–H groups in total. The van der Waals surface area contributed by atoms with E-state index in [0.717, 1.165) is 73.4 Å². The lowest BCUT2D eigenvalue weighted by Gasteiger charge is -2.31. The minimum atomic E-state index is -0.0800. The van der Waals surface area contributed by atoms with Gasteiger partial charge in [-0.25, -0.2) is 4.98 Å². The highest BCUT2D eigenvalue weighted by Gasteiger charge is 2.28. The van der Waals surface area contributed by atoms with Crippen molar-refractivity contribution in [1.82, 2.24) is 19.9 Å². The van der Waals surface area contributed by atoms with Crippen LogP contribution in [-0.4, -0.2) is 33.6 Å². The number of nitrogens with one attached hydrogen (secondary N) is 1. The number of carbonyl (C=O) groups excluding carboxylic acids is 1. The third kappa shape index (κ3) is 4.16. The second-order valence-electron chi connectivity index (χ2n) is 8.80. The van der Waals surface area contributed by atoms with Gasteiger partial charge in [0, 0.05) is 25.2 Å². The Labute approximate surface area is 191 Å². The van der Waals surface area contributed by atoms with Gasteiger partial charge in [-0.3, -0.25) is 9.59 Å². The van der Waals surface area contributed by atoms with Crippen LogP contribution in [0.3, 0.4) is 0 Å². The Morgan fingerprint density at radius 2 is 1.94 bits per heavy atom. The number of benzene rings is 1. The van der Waals surface area contributed by atoms with Crippen molar-refractivity contribution in [3.8, 4) is 0 Å². The molecule has 0 radical (unpaired) electrons. The van der Waals surface area contributed by atoms with Crippen LogP contribution in [-0.2, 0) is 30.6 Å². The SMILES string of the molecule is CCc1ccc(CNC(=O)[C@H]2CCCN(c3nn4c(=O)c5c(nc4s3)CCCC5)C2)cc1. The fourth-order valence-corrected chi connectivity index (χ4v) is 5.63. The zero-order chi connectivity index (χ0) is 22.1. The molecule has 5 rings (SSSR count). The molecule has 2 aromatic heterocycles. The number of nitrogens with zero attached hydrogens (tertiary/aromatic N) is 4. The number of hydrogen-bond donors (Lipinski definition) is 1. The van der Waals surface area contributed by atoms with Crippen molar-refractivity contribution in [2.24, 2.45) is 5.92 Å². The molecule has 1 saturated heterocycles. The molecule has 0 spiro atoms. The maximum atomic E-state index is 12.9. The maximum Gasteiger partial charge on any atom is 0.278 e. The summed E-state index contributed by atoms with van der Waals surface area (Å²) in [7, 11) is 0. The number of fused-ring (bicyclic) bond motifs is 2. The van der Waals surface area contributed by atoms with Crippen molar-refractivity contribution >= 4 is 27.3 Å². The van der Waals surface area contributed by atoms with Crippen LogP contribution in [0, 0.1) is 5.92 Å². The number of anilines is 1. The zero-order valence-electron chi connectivity index (χ0n) is 18.5. The summed E-state index contributed by atoms with van der Waals surface area (Å²) >= 11 is 1.45. The lowest BCUT2D eigenvalue weighted by atomic mass is 9.97. The summed E-state index contributed by atoms with van der Waals surface area (Å²) in [6, 6.07) is 8.39. The number of amides is 1. The first-order valence-electron chi connectivity index (χ1n) is 11.6. The number of piperidine rings is 1. The highest BCUT2D eigenvalue weighted by Crippen LogP contribution is 2.28. The Hall–Kier alpha value is -2.74. The topological polar surface area (TPSA) is 79.6 Å². The third-order valence-corrected chi connectivity index (χ3v) is 7.60. The van der Waals surface area contributed by atoms with Crippen LogP contribution in [0.2, 0.25) is 0 Å². The molecule has 8 heteroatoms. The molecule has 32 heavy (non-hydrogen) atoms. The zero-order valence-corrected chi connectivity index (χ0v) is 19.3. The van der Waals surface area contributed by atoms with E-state index in [-0.39, 0.29) is 17.4 Å². The lowest BCUT2D eigenvalue weighted by Crippen LogP contribution is -2.43. The maximum absolute atomic E-state index is 12.9. The summed E-state index contributed by atoms with van der Waals surface area (Å²) < 4.78 is 1.47. The summed E-state index contributed by atoms with van der Waals surface area (Å²) in [4.78, 5) is 33.3. The Balaban J connectivity index is 1.28. The molecule has 3 aromatic rings. The molecule has 1 amide bonds. The van der Waals surface area contributed by atoms with Crippen LogP contribution in [0.4, 0.5) is 5.13 Å². The normalized spacial score (nSPS) is 18.5. The number of carbonyl (C=O) groups is 1. The van der Waals surface area contributed by atoms with Gasteiger partial charge in [-0.05, 0) is 56.1 Å². The molecule has 1 aromatic carbocycles. The van der Waals surface area contributed by atoms with Gasteiger partial charge >= 0.3 is 0 Å². The van der Waals surface area contributed by atoms with E-state index in [2.05, 4.69) is 46.5 Å². The summed E-state index contributed by atoms with van der Waals surface area (Å²) in [6.07, 6.45) is 6.62. The number of rotatable bonds is 5. The van der Waals surface area contributed by atoms with Gasteiger partial charge in [-0.15, -0.1) is 5.10 Å². The van der Waals surface area contributed by atoms with Crippen LogP contribution in [0.1, 0.15) is 55.0 Å². The first kappa shape index (κ1) is 21.1. The minimum absolute atomic E-state index is 0.0207. The molecule has 0 bridgehead atoms. The Morgan fingerprint density at radius 1 is 1.16 bits per heavy atom. The predicted octanol–water partition coefficient (Wildman–Crippen LogP) is 3.13. The summed E-state index contributed by atoms with van der Waals surface area (Å²) in [6.45, 7) is 4.15. The van der Waals surface area contributed by atoms with Crippen molar-refractivity contribution in [2.75, 3.05) is 18.0 Å². The molecular weight excluding hydrogens is 422 g/mol. The van der Waals surface area contributed by atoms with Gasteiger partial charge in [-0.2, -0.15) is 4.52 Å². The van der Waals surface area contributed by atoms with Gasteiger partial charge in [0.2, 0.25) is 16.0 Å². The second-order valence-corrected chi connectivity index (χ2v) is 9.74. The molecule has 168 valence electrons. The van der Waals surface area contributed by atoms with Crippen molar-refractivity contribution in [2.45, 2.75) is 58.4 Å². The summed E-state index contributed by atoms with van der Waals surface area (Å²) in [5.41, 5.74) is 4.16. The van der Waals surface area contributed by atoms with E-state index in [0.29, 0.717) is 18.1 Å². The Bertz CT molecular complexity index is 1180. The average Bonchev–Trinajstić information content (AvgIpc) is 3.27. The minimum Gasteiger partial charge on any atom is -0.352 e. The second kappa shape index (κ2) is 9.02. The molecule has 3 heterocycles. The number of hydrogen-bond acceptors (Lipinski definition) is 6. The van der Waals surface area contributed by atoms with Crippen molar-refractivity contribution in [3.05, 3.63) is 57.0 Å². The highest BCUT2D eigenvalue weighted by atomic mass is 32.1. The van der Waals surface area contributed by atoms with Crippen LogP contribution in [0.5, 0.6) is 0 Å². The van der Waals surface area contributed by atoms with Crippen molar-refractivity contribution in [1.29, 1.82) is 0 Å². The molecule has 0 unspecified atom stereocenters. The van der Waals surface area contributed by atoms with Crippen LogP contribution >= 0.6 is 11.3 Å². The molecule has 1 aliphatic carbocycles. The van der Waals surface area contributed by atoms with Gasteiger partial charge in [-0.1, -0.05) is 42.5 Å². The van der Waals surface area contributed by atoms with Gasteiger partial charge in [0.05, 0.1) is 11.6 Å². The molecular formula is C24H29N5O2S. The quantitative estimate of drug-likeness (QED) is 0.645. The molecule has 1 fully saturated rings. The molecule has 2 aliphatic rings. The molecule has 1 aliphatic heterocycles. The van der Waals surface area contributed by atoms with E-state index in [1.807, 2.05) is 0 Å². The van der Waals surface area contributed by atoms with Crippen LogP contribution < -0.4 is 15.8 Å². The fraction of sp³-hybridized carbons (Fsp3) is 0.500. The largest absolute Gasteiger partial charge is 0.352 e. The van der Waals surface area contributed by atoms with Crippen molar-refractivity contribution in [3.63, 3.8) is 0 Å². The van der Waals surface area contributed by atoms with E-state index in [4.69, 9.17) is 4.98 Å². The van der Waals surface area contributed by atoms with Gasteiger partial charge in [0.1, 0.15) is 0 Å². The summed E-state index contributed by atoms with van der Waals surface area (Å²) in [5, 5.41) is 8.48. The Kier molecular flexibility index (Phi) is 5.95. The van der Waals surface area contributed by atoms with E-state index < -0.39 is 0 Å². The summed E-state index contributed by atoms with van der Waals surface area (Å²) in [5.74, 6) is 0.00435. The first-order valence-corrected chi connectivity index (χ1v) is 12.5. The van der Waals surface area contributed by atoms with E-state index in [1.54, 1.807) is 0 Å². The van der Waals surface area contributed by atoms with Crippen LogP contribution in [0.25, 0.3) is 4.96 Å². The average molecular weight is 452 g/mol. The van der Waals surface area contributed by atoms with Gasteiger partial charge in [0.25, 0.3) is 5.56 Å². The number of aryl methyl sites for hydroxylation is 2. The number of aromatic nitrogens is 3. The lowest BCUT2D eigenvalue weighted by molar-refractivity contribution is -0.125. The van der Waals surface area contributed by atoms with Gasteiger partial charge < -0.3 is 10.2 Å². The fourth-order valence-electron chi connectivity index (χ4n) is 4.68. The highest BCUT2D eigenvalue weighted by molar-refractivity contribution is 7.20.